The molecule has 0 bridgehead atoms. The zero-order valence-electron chi connectivity index (χ0n) is 11.9. The lowest BCUT2D eigenvalue weighted by molar-refractivity contribution is -0.274. The number of amides is 1. The highest BCUT2D eigenvalue weighted by Crippen LogP contribution is 2.28. The van der Waals surface area contributed by atoms with Crippen LogP contribution in [0.1, 0.15) is 31.2 Å². The van der Waals surface area contributed by atoms with Crippen LogP contribution in [0, 0.1) is 0 Å². The molecule has 22 heavy (non-hydrogen) atoms. The molecule has 0 saturated heterocycles. The first-order valence-corrected chi connectivity index (χ1v) is 7.10. The first-order valence-electron chi connectivity index (χ1n) is 7.10. The van der Waals surface area contributed by atoms with Gasteiger partial charge in [-0.1, -0.05) is 25.0 Å². The molecular formula is C15H18F3NO3. The molecule has 1 aromatic carbocycles. The Morgan fingerprint density at radius 2 is 1.82 bits per heavy atom. The van der Waals surface area contributed by atoms with Crippen molar-refractivity contribution in [3.63, 3.8) is 0 Å². The van der Waals surface area contributed by atoms with E-state index < -0.39 is 12.0 Å². The first kappa shape index (κ1) is 16.6. The fourth-order valence-electron chi connectivity index (χ4n) is 2.53. The van der Waals surface area contributed by atoms with Gasteiger partial charge in [-0.15, -0.1) is 13.2 Å². The molecule has 7 heteroatoms. The Kier molecular flexibility index (Phi) is 4.95. The minimum atomic E-state index is -4.73. The molecule has 0 spiro atoms. The summed E-state index contributed by atoms with van der Waals surface area (Å²) in [5, 5.41) is 12.8. The number of ether oxygens (including phenoxy) is 1. The average Bonchev–Trinajstić information content (AvgIpc) is 2.85. The molecule has 2 rings (SSSR count). The molecule has 1 saturated carbocycles. The van der Waals surface area contributed by atoms with Crippen molar-refractivity contribution in [2.75, 3.05) is 6.54 Å². The van der Waals surface area contributed by atoms with Gasteiger partial charge in [-0.25, -0.2) is 0 Å². The maximum Gasteiger partial charge on any atom is 0.573 e. The molecule has 1 fully saturated rings. The number of hydrogen-bond acceptors (Lipinski definition) is 3. The Morgan fingerprint density at radius 1 is 1.23 bits per heavy atom. The van der Waals surface area contributed by atoms with E-state index >= 15 is 0 Å². The molecule has 1 aliphatic rings. The van der Waals surface area contributed by atoms with Gasteiger partial charge in [0, 0.05) is 6.54 Å². The summed E-state index contributed by atoms with van der Waals surface area (Å²) in [6.07, 6.45) is -1.43. The summed E-state index contributed by atoms with van der Waals surface area (Å²) in [5.74, 6) is -0.596. The third-order valence-corrected chi connectivity index (χ3v) is 3.67. The van der Waals surface area contributed by atoms with Crippen LogP contribution in [0.15, 0.2) is 24.3 Å². The Balaban J connectivity index is 1.81. The normalized spacial score (nSPS) is 17.3. The molecule has 0 atom stereocenters. The van der Waals surface area contributed by atoms with Crippen molar-refractivity contribution < 1.29 is 27.8 Å². The number of benzene rings is 1. The van der Waals surface area contributed by atoms with Crippen LogP contribution in [0.5, 0.6) is 5.75 Å². The number of halogens is 3. The molecule has 0 unspecified atom stereocenters. The maximum atomic E-state index is 12.0. The Bertz CT molecular complexity index is 508. The molecule has 0 aromatic heterocycles. The predicted octanol–water partition coefficient (Wildman–Crippen LogP) is 2.55. The number of alkyl halides is 3. The quantitative estimate of drug-likeness (QED) is 0.877. The van der Waals surface area contributed by atoms with Crippen LogP contribution in [0.2, 0.25) is 0 Å². The molecule has 1 aliphatic carbocycles. The van der Waals surface area contributed by atoms with Gasteiger partial charge in [-0.05, 0) is 30.5 Å². The van der Waals surface area contributed by atoms with E-state index in [1.165, 1.54) is 24.3 Å². The SMILES string of the molecule is O=C(Cc1ccc(OC(F)(F)F)cc1)NCC1(O)CCCC1. The van der Waals surface area contributed by atoms with E-state index in [1.807, 2.05) is 0 Å². The summed E-state index contributed by atoms with van der Waals surface area (Å²) in [5.41, 5.74) is -0.245. The first-order chi connectivity index (χ1) is 10.3. The van der Waals surface area contributed by atoms with Crippen molar-refractivity contribution in [3.8, 4) is 5.75 Å². The van der Waals surface area contributed by atoms with Gasteiger partial charge < -0.3 is 15.2 Å². The number of rotatable bonds is 5. The van der Waals surface area contributed by atoms with Crippen molar-refractivity contribution in [2.45, 2.75) is 44.1 Å². The van der Waals surface area contributed by atoms with Gasteiger partial charge in [0.05, 0.1) is 12.0 Å². The molecular weight excluding hydrogens is 299 g/mol. The van der Waals surface area contributed by atoms with E-state index in [0.717, 1.165) is 12.8 Å². The van der Waals surface area contributed by atoms with Crippen molar-refractivity contribution in [1.29, 1.82) is 0 Å². The summed E-state index contributed by atoms with van der Waals surface area (Å²) in [4.78, 5) is 11.8. The highest BCUT2D eigenvalue weighted by Gasteiger charge is 2.32. The molecule has 0 heterocycles. The van der Waals surface area contributed by atoms with E-state index in [0.29, 0.717) is 18.4 Å². The van der Waals surface area contributed by atoms with Crippen LogP contribution in [-0.4, -0.2) is 29.5 Å². The molecule has 1 amide bonds. The van der Waals surface area contributed by atoms with E-state index in [9.17, 15) is 23.1 Å². The van der Waals surface area contributed by atoms with Gasteiger partial charge in [0.2, 0.25) is 5.91 Å². The van der Waals surface area contributed by atoms with Crippen LogP contribution in [-0.2, 0) is 11.2 Å². The molecule has 2 N–H and O–H groups in total. The highest BCUT2D eigenvalue weighted by atomic mass is 19.4. The lowest BCUT2D eigenvalue weighted by Crippen LogP contribution is -2.41. The van der Waals surface area contributed by atoms with Crippen molar-refractivity contribution in [3.05, 3.63) is 29.8 Å². The number of carbonyl (C=O) groups is 1. The van der Waals surface area contributed by atoms with Crippen molar-refractivity contribution in [1.82, 2.24) is 5.32 Å². The number of hydrogen-bond donors (Lipinski definition) is 2. The summed E-state index contributed by atoms with van der Waals surface area (Å²) in [6, 6.07) is 5.15. The van der Waals surface area contributed by atoms with Crippen LogP contribution in [0.4, 0.5) is 13.2 Å². The third kappa shape index (κ3) is 5.22. The molecule has 0 radical (unpaired) electrons. The van der Waals surface area contributed by atoms with E-state index in [-0.39, 0.29) is 24.6 Å². The zero-order valence-corrected chi connectivity index (χ0v) is 11.9. The predicted molar refractivity (Wildman–Crippen MR) is 73.3 cm³/mol. The molecule has 0 aliphatic heterocycles. The largest absolute Gasteiger partial charge is 0.573 e. The fourth-order valence-corrected chi connectivity index (χ4v) is 2.53. The van der Waals surface area contributed by atoms with E-state index in [4.69, 9.17) is 0 Å². The molecule has 122 valence electrons. The molecule has 1 aromatic rings. The monoisotopic (exact) mass is 317 g/mol. The number of aliphatic hydroxyl groups is 1. The summed E-state index contributed by atoms with van der Waals surface area (Å²) in [7, 11) is 0. The standard InChI is InChI=1S/C15H18F3NO3/c16-15(17,18)22-12-5-3-11(4-6-12)9-13(20)19-10-14(21)7-1-2-8-14/h3-6,21H,1-2,7-10H2,(H,19,20). The average molecular weight is 317 g/mol. The maximum absolute atomic E-state index is 12.0. The van der Waals surface area contributed by atoms with Gasteiger partial charge in [0.25, 0.3) is 0 Å². The topological polar surface area (TPSA) is 58.6 Å². The fraction of sp³-hybridized carbons (Fsp3) is 0.533. The van der Waals surface area contributed by atoms with Gasteiger partial charge in [-0.2, -0.15) is 0 Å². The summed E-state index contributed by atoms with van der Waals surface area (Å²) >= 11 is 0. The van der Waals surface area contributed by atoms with Crippen LogP contribution < -0.4 is 10.1 Å². The minimum absolute atomic E-state index is 0.0440. The van der Waals surface area contributed by atoms with Crippen LogP contribution in [0.25, 0.3) is 0 Å². The minimum Gasteiger partial charge on any atom is -0.406 e. The Labute approximate surface area is 126 Å². The lowest BCUT2D eigenvalue weighted by Gasteiger charge is -2.22. The third-order valence-electron chi connectivity index (χ3n) is 3.67. The second-order valence-corrected chi connectivity index (χ2v) is 5.58. The number of nitrogens with one attached hydrogen (secondary N) is 1. The smallest absolute Gasteiger partial charge is 0.406 e. The Morgan fingerprint density at radius 3 is 2.36 bits per heavy atom. The van der Waals surface area contributed by atoms with Gasteiger partial charge in [0.1, 0.15) is 5.75 Å². The van der Waals surface area contributed by atoms with Gasteiger partial charge >= 0.3 is 6.36 Å². The summed E-state index contributed by atoms with van der Waals surface area (Å²) < 4.78 is 39.8. The van der Waals surface area contributed by atoms with Crippen molar-refractivity contribution in [2.24, 2.45) is 0 Å². The number of carbonyl (C=O) groups excluding carboxylic acids is 1. The van der Waals surface area contributed by atoms with Crippen LogP contribution >= 0.6 is 0 Å². The second kappa shape index (κ2) is 6.56. The van der Waals surface area contributed by atoms with E-state index in [1.54, 1.807) is 0 Å². The van der Waals surface area contributed by atoms with Crippen molar-refractivity contribution >= 4 is 5.91 Å². The lowest BCUT2D eigenvalue weighted by atomic mass is 10.0. The van der Waals surface area contributed by atoms with Gasteiger partial charge in [-0.3, -0.25) is 4.79 Å². The Hall–Kier alpha value is -1.76. The van der Waals surface area contributed by atoms with E-state index in [2.05, 4.69) is 10.1 Å². The highest BCUT2D eigenvalue weighted by molar-refractivity contribution is 5.78. The van der Waals surface area contributed by atoms with Gasteiger partial charge in [0.15, 0.2) is 0 Å². The second-order valence-electron chi connectivity index (χ2n) is 5.58. The van der Waals surface area contributed by atoms with Crippen LogP contribution in [0.3, 0.4) is 0 Å². The molecule has 4 nitrogen and oxygen atoms in total. The zero-order chi connectivity index (χ0) is 16.2. The summed E-state index contributed by atoms with van der Waals surface area (Å²) in [6.45, 7) is 0.209.